The molecular weight excluding hydrogens is 291 g/mol. The Bertz CT molecular complexity index is 560. The van der Waals surface area contributed by atoms with Gasteiger partial charge in [0.05, 0.1) is 12.0 Å². The average molecular weight is 301 g/mol. The molecule has 0 aliphatic carbocycles. The van der Waals surface area contributed by atoms with Crippen LogP contribution in [0.1, 0.15) is 0 Å². The highest BCUT2D eigenvalue weighted by atomic mass is 35.5. The van der Waals surface area contributed by atoms with Crippen LogP contribution in [-0.2, 0) is 0 Å². The monoisotopic (exact) mass is 300 g/mol. The molecule has 4 nitrogen and oxygen atoms in total. The van der Waals surface area contributed by atoms with Gasteiger partial charge < -0.3 is 4.90 Å². The molecule has 0 aromatic carbocycles. The Labute approximate surface area is 119 Å². The van der Waals surface area contributed by atoms with E-state index in [1.165, 1.54) is 11.3 Å². The minimum absolute atomic E-state index is 0.351. The lowest BCUT2D eigenvalue weighted by molar-refractivity contribution is 0.643. The molecule has 2 aromatic rings. The Morgan fingerprint density at radius 1 is 1.22 bits per heavy atom. The summed E-state index contributed by atoms with van der Waals surface area (Å²) in [4.78, 5) is 14.4. The summed E-state index contributed by atoms with van der Waals surface area (Å²) in [6.07, 6.45) is 1.70. The SMILES string of the molecule is CN(C)/C=N/c1nc(-c2cc(Cl)nc(Cl)c2)cs1. The third-order valence-corrected chi connectivity index (χ3v) is 3.09. The Kier molecular flexibility index (Phi) is 4.16. The topological polar surface area (TPSA) is 41.4 Å². The smallest absolute Gasteiger partial charge is 0.211 e. The van der Waals surface area contributed by atoms with E-state index in [0.29, 0.717) is 15.4 Å². The maximum atomic E-state index is 5.85. The van der Waals surface area contributed by atoms with Crippen LogP contribution < -0.4 is 0 Å². The number of thiazole rings is 1. The van der Waals surface area contributed by atoms with E-state index in [-0.39, 0.29) is 0 Å². The van der Waals surface area contributed by atoms with Crippen molar-refractivity contribution >= 4 is 46.0 Å². The number of halogens is 2. The Balaban J connectivity index is 2.29. The van der Waals surface area contributed by atoms with Crippen molar-refractivity contribution in [3.05, 3.63) is 27.8 Å². The van der Waals surface area contributed by atoms with E-state index < -0.39 is 0 Å². The van der Waals surface area contributed by atoms with Crippen molar-refractivity contribution in [2.45, 2.75) is 0 Å². The molecule has 0 radical (unpaired) electrons. The van der Waals surface area contributed by atoms with E-state index in [4.69, 9.17) is 23.2 Å². The zero-order valence-corrected chi connectivity index (χ0v) is 12.1. The first kappa shape index (κ1) is 13.3. The second kappa shape index (κ2) is 5.65. The van der Waals surface area contributed by atoms with Gasteiger partial charge >= 0.3 is 0 Å². The van der Waals surface area contributed by atoms with E-state index in [0.717, 1.165) is 11.3 Å². The fourth-order valence-corrected chi connectivity index (χ4v) is 2.36. The van der Waals surface area contributed by atoms with E-state index in [1.807, 2.05) is 24.4 Å². The molecular formula is C11H10Cl2N4S. The molecule has 0 aliphatic rings. The molecule has 7 heteroatoms. The maximum absolute atomic E-state index is 5.85. The van der Waals surface area contributed by atoms with Crippen molar-refractivity contribution in [3.63, 3.8) is 0 Å². The van der Waals surface area contributed by atoms with Gasteiger partial charge in [0.15, 0.2) is 0 Å². The Morgan fingerprint density at radius 2 is 1.89 bits per heavy atom. The average Bonchev–Trinajstić information content (AvgIpc) is 2.73. The zero-order chi connectivity index (χ0) is 13.1. The quantitative estimate of drug-likeness (QED) is 0.493. The molecule has 0 saturated carbocycles. The minimum atomic E-state index is 0.351. The number of rotatable bonds is 3. The lowest BCUT2D eigenvalue weighted by Gasteiger charge is -2.00. The zero-order valence-electron chi connectivity index (χ0n) is 9.76. The summed E-state index contributed by atoms with van der Waals surface area (Å²) in [5.41, 5.74) is 1.62. The molecule has 0 atom stereocenters. The Hall–Kier alpha value is -1.17. The highest BCUT2D eigenvalue weighted by molar-refractivity contribution is 7.13. The summed E-state index contributed by atoms with van der Waals surface area (Å²) in [6, 6.07) is 3.45. The van der Waals surface area contributed by atoms with Crippen LogP contribution in [0, 0.1) is 0 Å². The summed E-state index contributed by atoms with van der Waals surface area (Å²) < 4.78 is 0. The van der Waals surface area contributed by atoms with Gasteiger partial charge in [-0.05, 0) is 12.1 Å². The van der Waals surface area contributed by atoms with Crippen LogP contribution >= 0.6 is 34.5 Å². The normalized spacial score (nSPS) is 11.1. The summed E-state index contributed by atoms with van der Waals surface area (Å²) >= 11 is 13.2. The fourth-order valence-electron chi connectivity index (χ4n) is 1.23. The van der Waals surface area contributed by atoms with Crippen LogP contribution in [0.3, 0.4) is 0 Å². The third-order valence-electron chi connectivity index (χ3n) is 1.95. The van der Waals surface area contributed by atoms with Crippen molar-refractivity contribution < 1.29 is 0 Å². The second-order valence-corrected chi connectivity index (χ2v) is 5.34. The molecule has 0 unspecified atom stereocenters. The van der Waals surface area contributed by atoms with Crippen molar-refractivity contribution in [2.24, 2.45) is 4.99 Å². The number of aromatic nitrogens is 2. The van der Waals surface area contributed by atoms with Crippen LogP contribution in [0.4, 0.5) is 5.13 Å². The van der Waals surface area contributed by atoms with E-state index >= 15 is 0 Å². The predicted octanol–water partition coefficient (Wildman–Crippen LogP) is 3.73. The van der Waals surface area contributed by atoms with Gasteiger partial charge in [-0.2, -0.15) is 0 Å². The molecule has 0 aliphatic heterocycles. The van der Waals surface area contributed by atoms with Gasteiger partial charge in [-0.1, -0.05) is 23.2 Å². The minimum Gasteiger partial charge on any atom is -0.369 e. The molecule has 2 rings (SSSR count). The van der Waals surface area contributed by atoms with Gasteiger partial charge in [0.2, 0.25) is 5.13 Å². The van der Waals surface area contributed by atoms with Crippen molar-refractivity contribution in [3.8, 4) is 11.3 Å². The van der Waals surface area contributed by atoms with Gasteiger partial charge in [0, 0.05) is 25.0 Å². The van der Waals surface area contributed by atoms with Crippen molar-refractivity contribution in [1.29, 1.82) is 0 Å². The number of hydrogen-bond donors (Lipinski definition) is 0. The molecule has 18 heavy (non-hydrogen) atoms. The van der Waals surface area contributed by atoms with Crippen molar-refractivity contribution in [2.75, 3.05) is 14.1 Å². The summed E-state index contributed by atoms with van der Waals surface area (Å²) in [5, 5.41) is 3.29. The Morgan fingerprint density at radius 3 is 2.50 bits per heavy atom. The third kappa shape index (κ3) is 3.41. The predicted molar refractivity (Wildman–Crippen MR) is 77.2 cm³/mol. The first-order valence-electron chi connectivity index (χ1n) is 5.04. The first-order valence-corrected chi connectivity index (χ1v) is 6.68. The van der Waals surface area contributed by atoms with E-state index in [9.17, 15) is 0 Å². The van der Waals surface area contributed by atoms with E-state index in [2.05, 4.69) is 15.0 Å². The van der Waals surface area contributed by atoms with E-state index in [1.54, 1.807) is 18.5 Å². The van der Waals surface area contributed by atoms with Gasteiger partial charge in [-0.3, -0.25) is 0 Å². The number of aliphatic imine (C=N–C) groups is 1. The molecule has 0 bridgehead atoms. The van der Waals surface area contributed by atoms with Crippen molar-refractivity contribution in [1.82, 2.24) is 14.9 Å². The molecule has 2 heterocycles. The summed E-state index contributed by atoms with van der Waals surface area (Å²) in [6.45, 7) is 0. The summed E-state index contributed by atoms with van der Waals surface area (Å²) in [5.74, 6) is 0. The van der Waals surface area contributed by atoms with Crippen LogP contribution in [0.15, 0.2) is 22.5 Å². The van der Waals surface area contributed by atoms with Gasteiger partial charge in [-0.25, -0.2) is 15.0 Å². The second-order valence-electron chi connectivity index (χ2n) is 3.72. The lowest BCUT2D eigenvalue weighted by Crippen LogP contribution is -2.06. The highest BCUT2D eigenvalue weighted by Gasteiger charge is 2.06. The fraction of sp³-hybridized carbons (Fsp3) is 0.182. The molecule has 0 saturated heterocycles. The highest BCUT2D eigenvalue weighted by Crippen LogP contribution is 2.29. The molecule has 0 fully saturated rings. The standard InChI is InChI=1S/C11H10Cl2N4S/c1-17(2)6-14-11-15-8(5-18-11)7-3-9(12)16-10(13)4-7/h3-6H,1-2H3/b14-6+. The molecule has 0 spiro atoms. The van der Waals surface area contributed by atoms with Crippen LogP contribution in [0.2, 0.25) is 10.3 Å². The summed E-state index contributed by atoms with van der Waals surface area (Å²) in [7, 11) is 3.81. The molecule has 94 valence electrons. The largest absolute Gasteiger partial charge is 0.369 e. The lowest BCUT2D eigenvalue weighted by atomic mass is 10.2. The van der Waals surface area contributed by atoms with Crippen LogP contribution in [0.25, 0.3) is 11.3 Å². The maximum Gasteiger partial charge on any atom is 0.211 e. The molecule has 0 N–H and O–H groups in total. The van der Waals surface area contributed by atoms with Crippen LogP contribution in [0.5, 0.6) is 0 Å². The van der Waals surface area contributed by atoms with Gasteiger partial charge in [0.1, 0.15) is 10.3 Å². The number of hydrogen-bond acceptors (Lipinski definition) is 4. The van der Waals surface area contributed by atoms with Crippen LogP contribution in [-0.4, -0.2) is 35.3 Å². The number of pyridine rings is 1. The molecule has 2 aromatic heterocycles. The first-order chi connectivity index (χ1) is 8.54. The van der Waals surface area contributed by atoms with Gasteiger partial charge in [0.25, 0.3) is 0 Å². The molecule has 0 amide bonds. The number of nitrogens with zero attached hydrogens (tertiary/aromatic N) is 4. The van der Waals surface area contributed by atoms with Gasteiger partial charge in [-0.15, -0.1) is 11.3 Å².